The molecule has 1 saturated carbocycles. The van der Waals surface area contributed by atoms with Crippen molar-refractivity contribution in [2.75, 3.05) is 79.2 Å². The van der Waals surface area contributed by atoms with Gasteiger partial charge in [0, 0.05) is 49.4 Å². The lowest BCUT2D eigenvalue weighted by molar-refractivity contribution is -0.757. The second-order valence-corrected chi connectivity index (χ2v) is 19.4. The molecule has 3 heterocycles. The molecule has 2 atom stereocenters. The highest BCUT2D eigenvalue weighted by Crippen LogP contribution is 2.42. The molecule has 0 spiro atoms. The second kappa shape index (κ2) is 31.1. The van der Waals surface area contributed by atoms with Crippen LogP contribution in [-0.2, 0) is 44.8 Å². The lowest BCUT2D eigenvalue weighted by atomic mass is 9.81. The Morgan fingerprint density at radius 1 is 0.662 bits per heavy atom. The lowest BCUT2D eigenvalue weighted by Gasteiger charge is -2.50. The molecule has 3 amide bonds. The monoisotopic (exact) mass is 1160 g/mol. The van der Waals surface area contributed by atoms with Gasteiger partial charge in [-0.15, -0.1) is 30.3 Å². The molecule has 29 heteroatoms. The number of aryl methyl sites for hydroxylation is 1. The first-order valence-corrected chi connectivity index (χ1v) is 26.7. The number of amides is 3. The van der Waals surface area contributed by atoms with Crippen molar-refractivity contribution < 1.29 is 82.1 Å². The minimum Gasteiger partial charge on any atom is -0.490 e. The van der Waals surface area contributed by atoms with E-state index in [1.165, 1.54) is 9.80 Å². The summed E-state index contributed by atoms with van der Waals surface area (Å²) in [5, 5.41) is 29.6. The molecular formula is C51H63Cl2N7O20. The number of unbranched alkanes of at least 4 members (excludes halogenated alkanes) is 3. The van der Waals surface area contributed by atoms with Crippen LogP contribution in [0.15, 0.2) is 54.2 Å². The van der Waals surface area contributed by atoms with Gasteiger partial charge in [-0.1, -0.05) is 35.3 Å². The van der Waals surface area contributed by atoms with E-state index in [1.54, 1.807) is 48.4 Å². The summed E-state index contributed by atoms with van der Waals surface area (Å²) in [4.78, 5) is 110. The Balaban J connectivity index is 1.23. The van der Waals surface area contributed by atoms with Gasteiger partial charge in [-0.3, -0.25) is 9.69 Å². The summed E-state index contributed by atoms with van der Waals surface area (Å²) in [5.41, 5.74) is 3.74. The molecule has 6 rings (SSSR count). The fraction of sp³-hybridized carbons (Fsp3) is 0.549. The number of hydrogen-bond acceptors (Lipinski definition) is 21. The van der Waals surface area contributed by atoms with Gasteiger partial charge < -0.3 is 57.5 Å². The first kappa shape index (κ1) is 61.4. The number of ether oxygens (including phenoxy) is 7. The highest BCUT2D eigenvalue weighted by molar-refractivity contribution is 6.37. The van der Waals surface area contributed by atoms with Crippen LogP contribution >= 0.6 is 23.2 Å². The van der Waals surface area contributed by atoms with Gasteiger partial charge in [-0.2, -0.15) is 0 Å². The molecule has 2 aliphatic heterocycles. The van der Waals surface area contributed by atoms with Crippen LogP contribution in [0.2, 0.25) is 10.0 Å². The van der Waals surface area contributed by atoms with E-state index in [1.807, 2.05) is 19.1 Å². The average molecular weight is 1160 g/mol. The highest BCUT2D eigenvalue weighted by Gasteiger charge is 2.50. The van der Waals surface area contributed by atoms with Crippen LogP contribution in [0.1, 0.15) is 86.5 Å². The molecule has 1 aromatic heterocycles. The molecule has 3 aromatic rings. The summed E-state index contributed by atoms with van der Waals surface area (Å²) in [5.74, 6) is 0.707. The molecule has 2 bridgehead atoms. The molecule has 2 aromatic carbocycles. The van der Waals surface area contributed by atoms with Crippen LogP contribution in [0.5, 0.6) is 17.4 Å². The third-order valence-corrected chi connectivity index (χ3v) is 13.3. The molecule has 1 aliphatic carbocycles. The molecule has 3 aliphatic rings. The van der Waals surface area contributed by atoms with Gasteiger partial charge in [-0.25, -0.2) is 19.4 Å². The standard InChI is InChI=1S/C51H63Cl2N7O20/c1-34-28-42(52)46(43(53)29-34)72-27-26-71-40-14-10-36(11-15-40)41-30-39-32-55(49(62)74-18-3-6-23-78-58(65)66)33-44(57(39)50(63)75-19-4-7-24-79-59(67)68)45(41)48(61)56(38-12-13-38)31-37-16-17-54-47(35(37)2)73-21-9-22-77-51(64)76-20-5-8-25-80-60(69)70/h10-11,14-17,28-29,38-39,44H,3-9,12-13,18-27,30-33H2,1-2H3. The minimum absolute atomic E-state index is 0.00467. The van der Waals surface area contributed by atoms with Crippen LogP contribution < -0.4 is 14.2 Å². The van der Waals surface area contributed by atoms with Gasteiger partial charge >= 0.3 is 18.3 Å². The maximum Gasteiger partial charge on any atom is 0.508 e. The number of nitrogens with zero attached hydrogens (tertiary/aromatic N) is 7. The van der Waals surface area contributed by atoms with E-state index in [-0.39, 0.29) is 142 Å². The maximum absolute atomic E-state index is 15.7. The largest absolute Gasteiger partial charge is 0.508 e. The zero-order valence-corrected chi connectivity index (χ0v) is 45.7. The van der Waals surface area contributed by atoms with Crippen LogP contribution in [0.4, 0.5) is 14.4 Å². The molecule has 2 fully saturated rings. The molecule has 27 nitrogen and oxygen atoms in total. The Morgan fingerprint density at radius 2 is 1.21 bits per heavy atom. The number of fused-ring (bicyclic) bond motifs is 2. The first-order chi connectivity index (χ1) is 38.5. The van der Waals surface area contributed by atoms with Crippen molar-refractivity contribution in [1.82, 2.24) is 19.7 Å². The third-order valence-electron chi connectivity index (χ3n) is 12.8. The topological polar surface area (TPSA) is 313 Å². The molecule has 80 heavy (non-hydrogen) atoms. The minimum atomic E-state index is -1.07. The Bertz CT molecular complexity index is 2640. The van der Waals surface area contributed by atoms with E-state index >= 15 is 4.79 Å². The fourth-order valence-corrected chi connectivity index (χ4v) is 9.52. The summed E-state index contributed by atoms with van der Waals surface area (Å²) in [7, 11) is 0. The van der Waals surface area contributed by atoms with Gasteiger partial charge in [0.15, 0.2) is 5.75 Å². The van der Waals surface area contributed by atoms with Crippen molar-refractivity contribution in [2.24, 2.45) is 0 Å². The zero-order chi connectivity index (χ0) is 57.6. The van der Waals surface area contributed by atoms with E-state index in [2.05, 4.69) is 19.5 Å². The molecule has 0 N–H and O–H groups in total. The van der Waals surface area contributed by atoms with Gasteiger partial charge in [0.1, 0.15) is 19.0 Å². The third kappa shape index (κ3) is 18.9. The van der Waals surface area contributed by atoms with Crippen LogP contribution in [0.25, 0.3) is 5.57 Å². The lowest BCUT2D eigenvalue weighted by Crippen LogP contribution is -2.65. The molecule has 0 radical (unpaired) electrons. The number of carbonyl (C=O) groups is 4. The van der Waals surface area contributed by atoms with Crippen molar-refractivity contribution in [1.29, 1.82) is 0 Å². The normalized spacial score (nSPS) is 15.5. The van der Waals surface area contributed by atoms with Gasteiger partial charge in [0.05, 0.1) is 75.0 Å². The second-order valence-electron chi connectivity index (χ2n) is 18.6. The number of halogens is 2. The number of benzene rings is 2. The van der Waals surface area contributed by atoms with Crippen molar-refractivity contribution >= 4 is 53.0 Å². The Hall–Kier alpha value is -7.81. The summed E-state index contributed by atoms with van der Waals surface area (Å²) in [6.07, 6.45) is 2.51. The number of aromatic nitrogens is 1. The Kier molecular flexibility index (Phi) is 23.9. The van der Waals surface area contributed by atoms with E-state index in [4.69, 9.17) is 56.4 Å². The molecular weight excluding hydrogens is 1100 g/mol. The smallest absolute Gasteiger partial charge is 0.490 e. The number of carbonyl (C=O) groups excluding carboxylic acids is 4. The van der Waals surface area contributed by atoms with Crippen molar-refractivity contribution in [3.05, 3.63) is 117 Å². The van der Waals surface area contributed by atoms with E-state index in [0.29, 0.717) is 69.5 Å². The number of pyridine rings is 1. The SMILES string of the molecule is Cc1cc(Cl)c(OCCOc2ccc(C3=C(C(=O)N(Cc4ccnc(OCCCOC(=O)OCCCCO[N+](=O)[O-])c4C)C4CC4)C4CN(C(=O)OCCCCO[N+](=O)[O-])CC(C3)N4C(=O)OCCCCO[N+](=O)[O-])cc2)c(Cl)c1. The number of hydrogen-bond donors (Lipinski definition) is 0. The molecule has 1 saturated heterocycles. The van der Waals surface area contributed by atoms with Crippen LogP contribution in [0, 0.1) is 44.2 Å². The van der Waals surface area contributed by atoms with E-state index in [0.717, 1.165) is 5.56 Å². The van der Waals surface area contributed by atoms with E-state index in [9.17, 15) is 44.7 Å². The summed E-state index contributed by atoms with van der Waals surface area (Å²) in [6.45, 7) is 3.19. The van der Waals surface area contributed by atoms with Gasteiger partial charge in [0.2, 0.25) is 5.88 Å². The summed E-state index contributed by atoms with van der Waals surface area (Å²) < 4.78 is 39.3. The Labute approximate surface area is 469 Å². The van der Waals surface area contributed by atoms with Crippen molar-refractivity contribution in [2.45, 2.75) is 103 Å². The maximum atomic E-state index is 15.7. The predicted octanol–water partition coefficient (Wildman–Crippen LogP) is 8.33. The summed E-state index contributed by atoms with van der Waals surface area (Å²) >= 11 is 12.7. The Morgan fingerprint density at radius 3 is 1.80 bits per heavy atom. The van der Waals surface area contributed by atoms with Crippen LogP contribution in [0.3, 0.4) is 0 Å². The average Bonchev–Trinajstić information content (AvgIpc) is 4.39. The zero-order valence-electron chi connectivity index (χ0n) is 44.2. The van der Waals surface area contributed by atoms with Gasteiger partial charge in [-0.05, 0) is 124 Å². The van der Waals surface area contributed by atoms with Gasteiger partial charge in [0.25, 0.3) is 21.2 Å². The van der Waals surface area contributed by atoms with E-state index < -0.39 is 51.6 Å². The fourth-order valence-electron chi connectivity index (χ4n) is 8.82. The quantitative estimate of drug-likeness (QED) is 0.0182. The first-order valence-electron chi connectivity index (χ1n) is 25.9. The number of piperazine rings is 1. The highest BCUT2D eigenvalue weighted by atomic mass is 35.5. The van der Waals surface area contributed by atoms with Crippen LogP contribution in [-0.4, -0.2) is 156 Å². The predicted molar refractivity (Wildman–Crippen MR) is 280 cm³/mol. The molecule has 436 valence electrons. The molecule has 2 unspecified atom stereocenters. The number of rotatable bonds is 33. The summed E-state index contributed by atoms with van der Waals surface area (Å²) in [6, 6.07) is 10.4. The van der Waals surface area contributed by atoms with Crippen molar-refractivity contribution in [3.63, 3.8) is 0 Å². The van der Waals surface area contributed by atoms with Crippen molar-refractivity contribution in [3.8, 4) is 17.4 Å².